The molecule has 1 heteroatoms. The predicted octanol–water partition coefficient (Wildman–Crippen LogP) is 0.554. The van der Waals surface area contributed by atoms with Crippen molar-refractivity contribution in [3.8, 4) is 0 Å². The maximum absolute atomic E-state index is 9.84. The van der Waals surface area contributed by atoms with E-state index in [1.807, 2.05) is 0 Å². The van der Waals surface area contributed by atoms with Gasteiger partial charge in [-0.2, -0.15) is 0 Å². The SMILES string of the molecule is O=C1[CH+]CC1. The highest BCUT2D eigenvalue weighted by atomic mass is 16.1. The molecule has 0 amide bonds. The van der Waals surface area contributed by atoms with Crippen molar-refractivity contribution in [2.75, 3.05) is 0 Å². The van der Waals surface area contributed by atoms with Crippen LogP contribution in [-0.2, 0) is 4.79 Å². The third kappa shape index (κ3) is 0.274. The van der Waals surface area contributed by atoms with E-state index in [4.69, 9.17) is 0 Å². The smallest absolute Gasteiger partial charge is 0.244 e. The minimum Gasteiger partial charge on any atom is -0.244 e. The van der Waals surface area contributed by atoms with Crippen molar-refractivity contribution in [2.24, 2.45) is 0 Å². The molecule has 1 rings (SSSR count). The Morgan fingerprint density at radius 2 is 2.20 bits per heavy atom. The molecule has 1 fully saturated rings. The van der Waals surface area contributed by atoms with Gasteiger partial charge in [-0.3, -0.25) is 0 Å². The van der Waals surface area contributed by atoms with E-state index >= 15 is 0 Å². The van der Waals surface area contributed by atoms with Crippen molar-refractivity contribution >= 4 is 5.78 Å². The fourth-order valence-electron chi connectivity index (χ4n) is 0.262. The van der Waals surface area contributed by atoms with Gasteiger partial charge < -0.3 is 0 Å². The van der Waals surface area contributed by atoms with Crippen LogP contribution in [-0.4, -0.2) is 5.78 Å². The van der Waals surface area contributed by atoms with Gasteiger partial charge in [0.1, 0.15) is 12.8 Å². The fourth-order valence-corrected chi connectivity index (χ4v) is 0.262. The van der Waals surface area contributed by atoms with Gasteiger partial charge in [0.25, 0.3) is 0 Å². The molecular weight excluding hydrogens is 64.0 g/mol. The van der Waals surface area contributed by atoms with Crippen molar-refractivity contribution in [2.45, 2.75) is 12.8 Å². The lowest BCUT2D eigenvalue weighted by atomic mass is 9.99. The van der Waals surface area contributed by atoms with E-state index in [2.05, 4.69) is 0 Å². The van der Waals surface area contributed by atoms with Gasteiger partial charge in [-0.05, 0) is 0 Å². The fraction of sp³-hybridized carbons (Fsp3) is 0.500. The largest absolute Gasteiger partial charge is 0.310 e. The summed E-state index contributed by atoms with van der Waals surface area (Å²) in [4.78, 5) is 9.84. The topological polar surface area (TPSA) is 17.1 Å². The van der Waals surface area contributed by atoms with E-state index in [9.17, 15) is 4.79 Å². The Bertz CT molecular complexity index is 50.7. The van der Waals surface area contributed by atoms with Crippen LogP contribution in [0, 0.1) is 6.42 Å². The molecule has 0 atom stereocenters. The summed E-state index contributed by atoms with van der Waals surface area (Å²) in [6, 6.07) is 0. The molecule has 0 N–H and O–H groups in total. The summed E-state index contributed by atoms with van der Waals surface area (Å²) < 4.78 is 0. The van der Waals surface area contributed by atoms with Crippen LogP contribution < -0.4 is 0 Å². The number of hydrogen-bond donors (Lipinski definition) is 0. The molecule has 0 aliphatic heterocycles. The monoisotopic (exact) mass is 69.0 g/mol. The highest BCUT2D eigenvalue weighted by Gasteiger charge is 2.23. The van der Waals surface area contributed by atoms with Crippen LogP contribution in [0.5, 0.6) is 0 Å². The van der Waals surface area contributed by atoms with Crippen LogP contribution in [0.15, 0.2) is 0 Å². The number of hydrogen-bond acceptors (Lipinski definition) is 1. The number of Topliss-reactive ketones (excluding diaryl/α,β-unsaturated/α-hetero) is 1. The zero-order valence-electron chi connectivity index (χ0n) is 2.90. The first-order chi connectivity index (χ1) is 2.39. The molecule has 0 saturated heterocycles. The Balaban J connectivity index is 2.32. The Morgan fingerprint density at radius 1 is 1.80 bits per heavy atom. The lowest BCUT2D eigenvalue weighted by Crippen LogP contribution is -2.08. The number of ketones is 1. The van der Waals surface area contributed by atoms with Crippen LogP contribution in [0.2, 0.25) is 0 Å². The van der Waals surface area contributed by atoms with E-state index < -0.39 is 0 Å². The van der Waals surface area contributed by atoms with Crippen molar-refractivity contribution in [1.29, 1.82) is 0 Å². The quantitative estimate of drug-likeness (QED) is 0.380. The van der Waals surface area contributed by atoms with E-state index in [1.165, 1.54) is 0 Å². The molecule has 0 unspecified atom stereocenters. The molecule has 1 saturated carbocycles. The molecule has 0 heterocycles. The molecule has 0 radical (unpaired) electrons. The average Bonchev–Trinajstić information content (AvgIpc) is 1.30. The first kappa shape index (κ1) is 2.76. The van der Waals surface area contributed by atoms with Crippen molar-refractivity contribution in [3.05, 3.63) is 6.42 Å². The van der Waals surface area contributed by atoms with Crippen molar-refractivity contribution in [1.82, 2.24) is 0 Å². The van der Waals surface area contributed by atoms with E-state index in [-0.39, 0.29) is 0 Å². The highest BCUT2D eigenvalue weighted by Crippen LogP contribution is 2.08. The van der Waals surface area contributed by atoms with Gasteiger partial charge in [-0.15, -0.1) is 0 Å². The summed E-state index contributed by atoms with van der Waals surface area (Å²) in [7, 11) is 0. The van der Waals surface area contributed by atoms with Crippen LogP contribution in [0.1, 0.15) is 12.8 Å². The third-order valence-electron chi connectivity index (χ3n) is 0.763. The lowest BCUT2D eigenvalue weighted by molar-refractivity contribution is -0.119. The summed E-state index contributed by atoms with van der Waals surface area (Å²) in [5, 5.41) is 0. The molecule has 5 heavy (non-hydrogen) atoms. The van der Waals surface area contributed by atoms with E-state index in [1.54, 1.807) is 6.42 Å². The van der Waals surface area contributed by atoms with Gasteiger partial charge in [0, 0.05) is 0 Å². The molecule has 0 bridgehead atoms. The van der Waals surface area contributed by atoms with Gasteiger partial charge >= 0.3 is 5.78 Å². The maximum Gasteiger partial charge on any atom is 0.310 e. The molecule has 0 aromatic heterocycles. The number of carbonyl (C=O) groups excluding carboxylic acids is 1. The summed E-state index contributed by atoms with van der Waals surface area (Å²) in [6.45, 7) is 0. The summed E-state index contributed by atoms with van der Waals surface area (Å²) in [5.74, 6) is 0.310. The normalized spacial score (nSPS) is 20.4. The van der Waals surface area contributed by atoms with Crippen LogP contribution in [0.3, 0.4) is 0 Å². The summed E-state index contributed by atoms with van der Waals surface area (Å²) >= 11 is 0. The molecular formula is C4H5O+. The van der Waals surface area contributed by atoms with Gasteiger partial charge in [-0.25, -0.2) is 4.79 Å². The Labute approximate surface area is 31.0 Å². The molecule has 0 aromatic carbocycles. The first-order valence-electron chi connectivity index (χ1n) is 1.75. The molecule has 0 aromatic rings. The van der Waals surface area contributed by atoms with Gasteiger partial charge in [0.15, 0.2) is 0 Å². The molecule has 1 aliphatic rings. The summed E-state index contributed by atoms with van der Waals surface area (Å²) in [6.07, 6.45) is 3.51. The van der Waals surface area contributed by atoms with E-state index in [0.717, 1.165) is 12.8 Å². The summed E-state index contributed by atoms with van der Waals surface area (Å²) in [5.41, 5.74) is 0. The molecule has 0 spiro atoms. The Morgan fingerprint density at radius 3 is 2.20 bits per heavy atom. The van der Waals surface area contributed by atoms with Crippen LogP contribution in [0.4, 0.5) is 0 Å². The zero-order valence-corrected chi connectivity index (χ0v) is 2.90. The van der Waals surface area contributed by atoms with Crippen LogP contribution in [0.25, 0.3) is 0 Å². The van der Waals surface area contributed by atoms with Gasteiger partial charge in [0.2, 0.25) is 0 Å². The van der Waals surface area contributed by atoms with Crippen LogP contribution >= 0.6 is 0 Å². The molecule has 1 nitrogen and oxygen atoms in total. The number of carbonyl (C=O) groups is 1. The Kier molecular flexibility index (Phi) is 0.411. The Hall–Kier alpha value is -0.460. The second-order valence-electron chi connectivity index (χ2n) is 1.21. The van der Waals surface area contributed by atoms with Crippen molar-refractivity contribution < 1.29 is 4.79 Å². The maximum atomic E-state index is 9.84. The minimum absolute atomic E-state index is 0.310. The first-order valence-corrected chi connectivity index (χ1v) is 1.75. The average molecular weight is 69.1 g/mol. The second-order valence-corrected chi connectivity index (χ2v) is 1.21. The standard InChI is InChI=1S/C4H5O/c5-4-2-1-3-4/h2H,1,3H2/q+1. The predicted molar refractivity (Wildman–Crippen MR) is 18.5 cm³/mol. The lowest BCUT2D eigenvalue weighted by Gasteiger charge is -1.91. The number of rotatable bonds is 0. The highest BCUT2D eigenvalue weighted by molar-refractivity contribution is 5.92. The third-order valence-corrected chi connectivity index (χ3v) is 0.763. The van der Waals surface area contributed by atoms with Gasteiger partial charge in [-0.1, -0.05) is 0 Å². The minimum atomic E-state index is 0.310. The van der Waals surface area contributed by atoms with Gasteiger partial charge in [0.05, 0.1) is 6.42 Å². The zero-order chi connectivity index (χ0) is 3.70. The second kappa shape index (κ2) is 0.744. The molecule has 1 aliphatic carbocycles. The van der Waals surface area contributed by atoms with Crippen molar-refractivity contribution in [3.63, 3.8) is 0 Å². The van der Waals surface area contributed by atoms with E-state index in [0.29, 0.717) is 5.78 Å². The molecule has 26 valence electrons.